The van der Waals surface area contributed by atoms with E-state index in [1.807, 2.05) is 6.92 Å². The summed E-state index contributed by atoms with van der Waals surface area (Å²) in [5.74, 6) is 0.711. The molecule has 1 aliphatic rings. The van der Waals surface area contributed by atoms with Crippen LogP contribution >= 0.6 is 23.2 Å². The van der Waals surface area contributed by atoms with Crippen LogP contribution in [0.4, 0.5) is 0 Å². The lowest BCUT2D eigenvalue weighted by Gasteiger charge is -2.29. The van der Waals surface area contributed by atoms with Crippen LogP contribution in [0, 0.1) is 5.92 Å². The van der Waals surface area contributed by atoms with Crippen molar-refractivity contribution >= 4 is 34.0 Å². The van der Waals surface area contributed by atoms with Gasteiger partial charge in [0.15, 0.2) is 0 Å². The van der Waals surface area contributed by atoms with E-state index in [0.717, 1.165) is 5.56 Å². The average Bonchev–Trinajstić information content (AvgIpc) is 2.18. The summed E-state index contributed by atoms with van der Waals surface area (Å²) in [6.07, 6.45) is 0. The van der Waals surface area contributed by atoms with Gasteiger partial charge in [0.05, 0.1) is 20.7 Å². The predicted octanol–water partition coefficient (Wildman–Crippen LogP) is 2.75. The van der Waals surface area contributed by atoms with Gasteiger partial charge >= 0.3 is 0 Å². The highest BCUT2D eigenvalue weighted by molar-refractivity contribution is 7.85. The molecule has 0 radical (unpaired) electrons. The van der Waals surface area contributed by atoms with Crippen molar-refractivity contribution in [1.82, 2.24) is 0 Å². The van der Waals surface area contributed by atoms with E-state index >= 15 is 0 Å². The van der Waals surface area contributed by atoms with Crippen LogP contribution in [0.1, 0.15) is 18.5 Å². The fraction of sp³-hybridized carbons (Fsp3) is 0.400. The Balaban J connectivity index is 2.70. The van der Waals surface area contributed by atoms with Crippen LogP contribution < -0.4 is 5.73 Å². The number of fused-ring (bicyclic) bond motifs is 1. The first-order valence-electron chi connectivity index (χ1n) is 4.64. The van der Waals surface area contributed by atoms with Gasteiger partial charge in [-0.25, -0.2) is 0 Å². The molecule has 0 saturated carbocycles. The zero-order chi connectivity index (χ0) is 11.2. The summed E-state index contributed by atoms with van der Waals surface area (Å²) in [6, 6.07) is 3.20. The zero-order valence-corrected chi connectivity index (χ0v) is 10.5. The van der Waals surface area contributed by atoms with Crippen molar-refractivity contribution in [2.75, 3.05) is 5.75 Å². The van der Waals surface area contributed by atoms with Gasteiger partial charge in [-0.05, 0) is 18.1 Å². The molecule has 82 valence electrons. The molecule has 2 rings (SSSR count). The summed E-state index contributed by atoms with van der Waals surface area (Å²) in [5.41, 5.74) is 6.80. The Labute approximate surface area is 101 Å². The Hall–Kier alpha value is -0.0900. The Morgan fingerprint density at radius 2 is 2.00 bits per heavy atom. The second-order valence-electron chi connectivity index (χ2n) is 3.79. The van der Waals surface area contributed by atoms with Gasteiger partial charge in [-0.15, -0.1) is 0 Å². The highest BCUT2D eigenvalue weighted by Gasteiger charge is 2.31. The quantitative estimate of drug-likeness (QED) is 0.783. The Morgan fingerprint density at radius 3 is 2.67 bits per heavy atom. The molecule has 3 atom stereocenters. The first-order chi connectivity index (χ1) is 7.02. The SMILES string of the molecule is CC1CS(=O)c2c(Cl)ccc(Cl)c2C1N. The molecule has 15 heavy (non-hydrogen) atoms. The summed E-state index contributed by atoms with van der Waals surface area (Å²) >= 11 is 12.1. The molecular formula is C10H11Cl2NOS. The third-order valence-electron chi connectivity index (χ3n) is 2.68. The van der Waals surface area contributed by atoms with Crippen molar-refractivity contribution in [2.24, 2.45) is 11.7 Å². The predicted molar refractivity (Wildman–Crippen MR) is 63.8 cm³/mol. The van der Waals surface area contributed by atoms with Crippen LogP contribution in [0.15, 0.2) is 17.0 Å². The van der Waals surface area contributed by atoms with Crippen molar-refractivity contribution in [3.63, 3.8) is 0 Å². The average molecular weight is 264 g/mol. The van der Waals surface area contributed by atoms with E-state index in [2.05, 4.69) is 0 Å². The number of rotatable bonds is 0. The minimum absolute atomic E-state index is 0.161. The standard InChI is InChI=1S/C10H11Cl2NOS/c1-5-4-15(14)10-7(12)3-2-6(11)8(10)9(5)13/h2-3,5,9H,4,13H2,1H3. The second-order valence-corrected chi connectivity index (χ2v) is 6.03. The summed E-state index contributed by atoms with van der Waals surface area (Å²) < 4.78 is 11.9. The Kier molecular flexibility index (Phi) is 3.08. The molecule has 2 N–H and O–H groups in total. The van der Waals surface area contributed by atoms with Crippen molar-refractivity contribution < 1.29 is 4.21 Å². The van der Waals surface area contributed by atoms with Crippen LogP contribution in [-0.4, -0.2) is 9.96 Å². The fourth-order valence-corrected chi connectivity index (χ4v) is 4.19. The molecule has 0 bridgehead atoms. The van der Waals surface area contributed by atoms with Gasteiger partial charge in [-0.2, -0.15) is 0 Å². The van der Waals surface area contributed by atoms with E-state index in [0.29, 0.717) is 20.7 Å². The lowest BCUT2D eigenvalue weighted by atomic mass is 9.96. The molecule has 1 aromatic carbocycles. The largest absolute Gasteiger partial charge is 0.324 e. The van der Waals surface area contributed by atoms with Crippen LogP contribution in [-0.2, 0) is 10.8 Å². The van der Waals surface area contributed by atoms with E-state index < -0.39 is 10.8 Å². The van der Waals surface area contributed by atoms with Crippen LogP contribution in [0.3, 0.4) is 0 Å². The molecule has 2 nitrogen and oxygen atoms in total. The molecular weight excluding hydrogens is 253 g/mol. The van der Waals surface area contributed by atoms with E-state index in [1.165, 1.54) is 0 Å². The normalized spacial score (nSPS) is 30.0. The molecule has 1 heterocycles. The molecule has 3 unspecified atom stereocenters. The van der Waals surface area contributed by atoms with Crippen LogP contribution in [0.2, 0.25) is 10.0 Å². The Bertz CT molecular complexity index is 436. The molecule has 5 heteroatoms. The van der Waals surface area contributed by atoms with Gasteiger partial charge in [0.2, 0.25) is 0 Å². The van der Waals surface area contributed by atoms with Crippen molar-refractivity contribution in [3.05, 3.63) is 27.7 Å². The molecule has 0 aliphatic carbocycles. The second kappa shape index (κ2) is 4.06. The van der Waals surface area contributed by atoms with Gasteiger partial charge in [-0.3, -0.25) is 4.21 Å². The topological polar surface area (TPSA) is 43.1 Å². The first-order valence-corrected chi connectivity index (χ1v) is 6.71. The van der Waals surface area contributed by atoms with Crippen molar-refractivity contribution in [3.8, 4) is 0 Å². The van der Waals surface area contributed by atoms with Crippen LogP contribution in [0.25, 0.3) is 0 Å². The maximum atomic E-state index is 11.9. The van der Waals surface area contributed by atoms with Crippen LogP contribution in [0.5, 0.6) is 0 Å². The monoisotopic (exact) mass is 263 g/mol. The van der Waals surface area contributed by atoms with Crippen molar-refractivity contribution in [2.45, 2.75) is 17.9 Å². The molecule has 0 amide bonds. The lowest BCUT2D eigenvalue weighted by molar-refractivity contribution is 0.497. The zero-order valence-electron chi connectivity index (χ0n) is 8.17. The maximum absolute atomic E-state index is 11.9. The molecule has 0 fully saturated rings. The third-order valence-corrected chi connectivity index (χ3v) is 5.16. The minimum Gasteiger partial charge on any atom is -0.324 e. The number of hydrogen-bond donors (Lipinski definition) is 1. The molecule has 0 spiro atoms. The third kappa shape index (κ3) is 1.82. The lowest BCUT2D eigenvalue weighted by Crippen LogP contribution is -2.30. The van der Waals surface area contributed by atoms with Gasteiger partial charge in [-0.1, -0.05) is 30.1 Å². The van der Waals surface area contributed by atoms with E-state index in [1.54, 1.807) is 12.1 Å². The molecule has 0 saturated heterocycles. The number of nitrogens with two attached hydrogens (primary N) is 1. The highest BCUT2D eigenvalue weighted by atomic mass is 35.5. The number of benzene rings is 1. The highest BCUT2D eigenvalue weighted by Crippen LogP contribution is 2.40. The van der Waals surface area contributed by atoms with E-state index in [4.69, 9.17) is 28.9 Å². The van der Waals surface area contributed by atoms with Gasteiger partial charge in [0.25, 0.3) is 0 Å². The molecule has 1 aromatic rings. The number of hydrogen-bond acceptors (Lipinski definition) is 2. The first kappa shape index (κ1) is 11.4. The van der Waals surface area contributed by atoms with E-state index in [9.17, 15) is 4.21 Å². The Morgan fingerprint density at radius 1 is 1.40 bits per heavy atom. The minimum atomic E-state index is -1.08. The fourth-order valence-electron chi connectivity index (χ4n) is 1.80. The summed E-state index contributed by atoms with van der Waals surface area (Å²) in [6.45, 7) is 1.97. The summed E-state index contributed by atoms with van der Waals surface area (Å²) in [4.78, 5) is 0.620. The maximum Gasteiger partial charge on any atom is 0.0637 e. The van der Waals surface area contributed by atoms with Gasteiger partial charge in [0, 0.05) is 22.4 Å². The summed E-state index contributed by atoms with van der Waals surface area (Å²) in [5, 5.41) is 1.05. The number of halogens is 2. The van der Waals surface area contributed by atoms with E-state index in [-0.39, 0.29) is 12.0 Å². The smallest absolute Gasteiger partial charge is 0.0637 e. The summed E-state index contributed by atoms with van der Waals surface area (Å²) in [7, 11) is -1.08. The molecule has 1 aliphatic heterocycles. The van der Waals surface area contributed by atoms with Crippen molar-refractivity contribution in [1.29, 1.82) is 0 Å². The van der Waals surface area contributed by atoms with Gasteiger partial charge in [0.1, 0.15) is 0 Å². The van der Waals surface area contributed by atoms with Gasteiger partial charge < -0.3 is 5.73 Å². The molecule has 0 aromatic heterocycles.